The molecule has 0 radical (unpaired) electrons. The summed E-state index contributed by atoms with van der Waals surface area (Å²) < 4.78 is 7.10. The van der Waals surface area contributed by atoms with E-state index in [1.54, 1.807) is 0 Å². The maximum atomic E-state index is 7.10. The quantitative estimate of drug-likeness (QED) is 0.157. The van der Waals surface area contributed by atoms with Crippen LogP contribution in [0.5, 0.6) is 11.5 Å². The molecule has 3 aliphatic heterocycles. The molecule has 4 nitrogen and oxygen atoms in total. The van der Waals surface area contributed by atoms with Crippen molar-refractivity contribution in [3.63, 3.8) is 0 Å². The fourth-order valence-corrected chi connectivity index (χ4v) is 9.87. The third-order valence-corrected chi connectivity index (χ3v) is 12.3. The Morgan fingerprint density at radius 3 is 1.63 bits per heavy atom. The van der Waals surface area contributed by atoms with Crippen LogP contribution in [0.15, 0.2) is 224 Å². The molecule has 280 valence electrons. The topological polar surface area (TPSA) is 19.0 Å². The number of anilines is 8. The number of rotatable bonds is 6. The van der Waals surface area contributed by atoms with Gasteiger partial charge in [0.25, 0.3) is 6.71 Å². The second kappa shape index (κ2) is 14.0. The maximum Gasteiger partial charge on any atom is 0.329 e. The second-order valence-corrected chi connectivity index (χ2v) is 15.6. The molecule has 0 atom stereocenters. The van der Waals surface area contributed by atoms with Crippen LogP contribution in [0.1, 0.15) is 0 Å². The summed E-state index contributed by atoms with van der Waals surface area (Å²) in [5, 5.41) is 0. The molecule has 9 aromatic carbocycles. The summed E-state index contributed by atoms with van der Waals surface area (Å²) >= 11 is 0. The smallest absolute Gasteiger partial charge is 0.329 e. The van der Waals surface area contributed by atoms with Gasteiger partial charge in [-0.2, -0.15) is 0 Å². The lowest BCUT2D eigenvalue weighted by Crippen LogP contribution is -2.62. The summed E-state index contributed by atoms with van der Waals surface area (Å²) in [5.74, 6) is 1.80. The van der Waals surface area contributed by atoms with Gasteiger partial charge in [-0.25, -0.2) is 0 Å². The Hall–Kier alpha value is -7.69. The highest BCUT2D eigenvalue weighted by Gasteiger charge is 2.47. The molecule has 60 heavy (non-hydrogen) atoms. The number of para-hydroxylation sites is 7. The molecule has 0 amide bonds. The zero-order chi connectivity index (χ0) is 39.6. The fraction of sp³-hybridized carbons (Fsp3) is 0. The number of nitrogens with zero attached hydrogens (tertiary/aromatic N) is 3. The van der Waals surface area contributed by atoms with E-state index in [0.717, 1.165) is 45.6 Å². The van der Waals surface area contributed by atoms with Gasteiger partial charge in [0.05, 0.1) is 5.69 Å². The van der Waals surface area contributed by atoms with E-state index in [9.17, 15) is 0 Å². The first-order valence-electron chi connectivity index (χ1n) is 20.7. The molecule has 0 saturated heterocycles. The molecule has 0 fully saturated rings. The van der Waals surface area contributed by atoms with Crippen LogP contribution in [0.25, 0.3) is 11.1 Å². The lowest BCUT2D eigenvalue weighted by atomic mass is 9.33. The third kappa shape index (κ3) is 5.34. The van der Waals surface area contributed by atoms with Gasteiger partial charge in [0.15, 0.2) is 0 Å². The Labute approximate surface area is 351 Å². The van der Waals surface area contributed by atoms with Crippen molar-refractivity contribution >= 4 is 86.4 Å². The van der Waals surface area contributed by atoms with E-state index in [1.807, 2.05) is 0 Å². The van der Waals surface area contributed by atoms with Gasteiger partial charge in [-0.3, -0.25) is 0 Å². The van der Waals surface area contributed by atoms with E-state index in [1.165, 1.54) is 49.8 Å². The normalized spacial score (nSPS) is 13.0. The molecule has 12 rings (SSSR count). The summed E-state index contributed by atoms with van der Waals surface area (Å²) in [6, 6.07) is 80.9. The molecule has 0 aliphatic carbocycles. The molecule has 0 saturated carbocycles. The van der Waals surface area contributed by atoms with Gasteiger partial charge in [-0.05, 0) is 107 Å². The van der Waals surface area contributed by atoms with Gasteiger partial charge < -0.3 is 19.3 Å². The van der Waals surface area contributed by atoms with Gasteiger partial charge >= 0.3 is 6.85 Å². The van der Waals surface area contributed by atoms with E-state index in [2.05, 4.69) is 239 Å². The Morgan fingerprint density at radius 2 is 0.950 bits per heavy atom. The van der Waals surface area contributed by atoms with Gasteiger partial charge in [0.1, 0.15) is 11.5 Å². The zero-order valence-corrected chi connectivity index (χ0v) is 32.8. The van der Waals surface area contributed by atoms with Gasteiger partial charge in [0, 0.05) is 50.9 Å². The maximum absolute atomic E-state index is 7.10. The largest absolute Gasteiger partial charge is 0.458 e. The van der Waals surface area contributed by atoms with Crippen LogP contribution in [-0.2, 0) is 0 Å². The van der Waals surface area contributed by atoms with E-state index in [-0.39, 0.29) is 13.6 Å². The zero-order valence-electron chi connectivity index (χ0n) is 32.8. The Kier molecular flexibility index (Phi) is 8.02. The molecule has 9 aromatic rings. The first-order chi connectivity index (χ1) is 29.8. The Morgan fingerprint density at radius 1 is 0.417 bits per heavy atom. The second-order valence-electron chi connectivity index (χ2n) is 15.6. The molecule has 0 aromatic heterocycles. The van der Waals surface area contributed by atoms with Gasteiger partial charge in [-0.1, -0.05) is 145 Å². The average Bonchev–Trinajstić information content (AvgIpc) is 3.32. The predicted molar refractivity (Wildman–Crippen MR) is 252 cm³/mol. The summed E-state index contributed by atoms with van der Waals surface area (Å²) in [6.45, 7) is -0.191. The van der Waals surface area contributed by atoms with Crippen molar-refractivity contribution in [3.05, 3.63) is 224 Å². The van der Waals surface area contributed by atoms with E-state index < -0.39 is 0 Å². The van der Waals surface area contributed by atoms with E-state index >= 15 is 0 Å². The predicted octanol–water partition coefficient (Wildman–Crippen LogP) is 10.5. The Bertz CT molecular complexity index is 3000. The molecular weight excluding hydrogens is 728 g/mol. The summed E-state index contributed by atoms with van der Waals surface area (Å²) in [5.41, 5.74) is 17.5. The van der Waals surface area contributed by atoms with E-state index in [0.29, 0.717) is 0 Å². The summed E-state index contributed by atoms with van der Waals surface area (Å²) in [6.07, 6.45) is 0. The molecular formula is C54H37B2N3O. The molecule has 0 unspecified atom stereocenters. The van der Waals surface area contributed by atoms with Crippen LogP contribution >= 0.6 is 0 Å². The summed E-state index contributed by atoms with van der Waals surface area (Å²) in [4.78, 5) is 7.34. The molecule has 3 heterocycles. The van der Waals surface area contributed by atoms with Crippen LogP contribution in [0.2, 0.25) is 0 Å². The van der Waals surface area contributed by atoms with E-state index in [4.69, 9.17) is 4.74 Å². The minimum atomic E-state index is -0.191. The van der Waals surface area contributed by atoms with Crippen molar-refractivity contribution in [2.45, 2.75) is 0 Å². The number of benzene rings is 9. The molecule has 0 N–H and O–H groups in total. The first-order valence-corrected chi connectivity index (χ1v) is 20.7. The lowest BCUT2D eigenvalue weighted by molar-refractivity contribution is 0.488. The standard InChI is InChI=1S/C54H37B2N3O/c1-5-19-39(20-6-1)57(40-21-7-2-8-22-40)42-35-33-38(34-36-42)56-47-37-51-53-54(52(47)44-27-13-16-30-48(44)59(56)43-25-11-4-12-26-43)58(41-23-9-3-10-24-41)49-31-17-14-28-45(49)55(53)46-29-15-18-32-50(46)60-51/h1-37H. The van der Waals surface area contributed by atoms with Crippen LogP contribution in [0, 0.1) is 0 Å². The van der Waals surface area contributed by atoms with Crippen molar-refractivity contribution in [3.8, 4) is 22.6 Å². The third-order valence-electron chi connectivity index (χ3n) is 12.3. The first kappa shape index (κ1) is 34.4. The van der Waals surface area contributed by atoms with Crippen LogP contribution in [0.3, 0.4) is 0 Å². The number of hydrogen-bond donors (Lipinski definition) is 0. The van der Waals surface area contributed by atoms with Crippen molar-refractivity contribution in [2.75, 3.05) is 14.6 Å². The molecule has 3 aliphatic rings. The highest BCUT2D eigenvalue weighted by molar-refractivity contribution is 7.00. The molecule has 0 spiro atoms. The van der Waals surface area contributed by atoms with Crippen LogP contribution in [0.4, 0.5) is 45.5 Å². The van der Waals surface area contributed by atoms with Crippen LogP contribution < -0.4 is 46.7 Å². The molecule has 0 bridgehead atoms. The number of fused-ring (bicyclic) bond motifs is 8. The molecule has 6 heteroatoms. The van der Waals surface area contributed by atoms with Crippen molar-refractivity contribution in [2.24, 2.45) is 0 Å². The average molecular weight is 766 g/mol. The SMILES string of the molecule is c1ccc(N2B(c3ccc(N(c4ccccc4)c4ccccc4)cc3)c3cc4c5c(c3-c3ccccc32)N(c2ccccc2)c2ccccc2B5c2ccccc2O4)cc1. The minimum absolute atomic E-state index is 0.000386. The van der Waals surface area contributed by atoms with Gasteiger partial charge in [-0.15, -0.1) is 0 Å². The monoisotopic (exact) mass is 765 g/mol. The van der Waals surface area contributed by atoms with Crippen molar-refractivity contribution in [1.82, 2.24) is 0 Å². The van der Waals surface area contributed by atoms with Crippen molar-refractivity contribution < 1.29 is 4.74 Å². The van der Waals surface area contributed by atoms with Crippen molar-refractivity contribution in [1.29, 1.82) is 0 Å². The summed E-state index contributed by atoms with van der Waals surface area (Å²) in [7, 11) is 0. The highest BCUT2D eigenvalue weighted by atomic mass is 16.5. The highest BCUT2D eigenvalue weighted by Crippen LogP contribution is 2.49. The Balaban J connectivity index is 1.14. The fourth-order valence-electron chi connectivity index (χ4n) is 9.87. The van der Waals surface area contributed by atoms with Gasteiger partial charge in [0.2, 0.25) is 0 Å². The van der Waals surface area contributed by atoms with Crippen LogP contribution in [-0.4, -0.2) is 13.6 Å². The lowest BCUT2D eigenvalue weighted by Gasteiger charge is -2.45. The number of hydrogen-bond acceptors (Lipinski definition) is 4. The number of ether oxygens (including phenoxy) is 1. The minimum Gasteiger partial charge on any atom is -0.458 e.